The fourth-order valence-corrected chi connectivity index (χ4v) is 11.8. The standard InChI is InChI=1S/C68H125NO18/c1-3-5-7-9-11-13-15-17-18-19-20-21-22-23-24-25-26-27-28-29-30-31-32-34-36-38-40-42-44-46-56(74)69-51(52(73)45-43-41-39-37-35-33-16-14-12-10-8-6-4-2)50-82-66-62(80)59(77)64(54(48-71)84-66)87-68-63(81)60(78)65(55(49-72)85-68)86-67-61(79)58(76)57(75)53(47-70)83-67/h15,17,19-20,22-23,51-55,57-68,70-73,75-81H,3-14,16,18,21,24-50H2,1-2H3,(H,69,74)/b17-15-,20-19-,23-22-. The molecule has 0 saturated carbocycles. The Morgan fingerprint density at radius 1 is 0.414 bits per heavy atom. The van der Waals surface area contributed by atoms with E-state index in [1.54, 1.807) is 0 Å². The Hall–Kier alpha value is -1.99. The maximum absolute atomic E-state index is 13.4. The molecule has 3 heterocycles. The van der Waals surface area contributed by atoms with Crippen LogP contribution in [0.1, 0.15) is 258 Å². The molecule has 3 rings (SSSR count). The van der Waals surface area contributed by atoms with E-state index in [1.807, 2.05) is 0 Å². The van der Waals surface area contributed by atoms with Gasteiger partial charge < -0.3 is 89.9 Å². The van der Waals surface area contributed by atoms with Crippen LogP contribution in [0.4, 0.5) is 0 Å². The molecule has 3 saturated heterocycles. The molecule has 17 atom stereocenters. The minimum absolute atomic E-state index is 0.243. The molecule has 0 aliphatic carbocycles. The van der Waals surface area contributed by atoms with Crippen LogP contribution in [0.5, 0.6) is 0 Å². The summed E-state index contributed by atoms with van der Waals surface area (Å²) in [6.07, 6.45) is 30.9. The third-order valence-electron chi connectivity index (χ3n) is 17.5. The Kier molecular flexibility index (Phi) is 46.0. The fraction of sp³-hybridized carbons (Fsp3) is 0.897. The Bertz CT molecular complexity index is 1720. The van der Waals surface area contributed by atoms with Crippen molar-refractivity contribution in [1.82, 2.24) is 5.32 Å². The SMILES string of the molecule is CCCCCCC/C=C\C/C=C\C/C=C\CCCCCCCCCCCCCCCCC(=O)NC(COC1OC(CO)C(OC2OC(CO)C(OC3OC(CO)C(O)C(O)C3O)C(O)C2O)C(O)C1O)C(O)CCCCCCCCCCCCCCC. The highest BCUT2D eigenvalue weighted by Gasteiger charge is 2.53. The number of hydrogen-bond acceptors (Lipinski definition) is 18. The number of unbranched alkanes of at least 4 members (excludes halogenated alkanes) is 31. The molecule has 3 aliphatic heterocycles. The second-order valence-electron chi connectivity index (χ2n) is 25.0. The van der Waals surface area contributed by atoms with E-state index in [4.69, 9.17) is 28.4 Å². The molecule has 0 aromatic heterocycles. The zero-order valence-corrected chi connectivity index (χ0v) is 53.8. The molecule has 0 bridgehead atoms. The van der Waals surface area contributed by atoms with E-state index in [-0.39, 0.29) is 18.9 Å². The monoisotopic (exact) mass is 1240 g/mol. The van der Waals surface area contributed by atoms with Crippen LogP contribution in [0, 0.1) is 0 Å². The van der Waals surface area contributed by atoms with E-state index in [0.29, 0.717) is 12.8 Å². The molecular weight excluding hydrogens is 1120 g/mol. The molecule has 0 radical (unpaired) electrons. The molecule has 19 heteroatoms. The smallest absolute Gasteiger partial charge is 0.220 e. The molecule has 510 valence electrons. The summed E-state index contributed by atoms with van der Waals surface area (Å²) in [5.41, 5.74) is 0. The van der Waals surface area contributed by atoms with Gasteiger partial charge in [0, 0.05) is 6.42 Å². The van der Waals surface area contributed by atoms with Gasteiger partial charge >= 0.3 is 0 Å². The Morgan fingerprint density at radius 2 is 0.759 bits per heavy atom. The summed E-state index contributed by atoms with van der Waals surface area (Å²) in [5, 5.41) is 121. The van der Waals surface area contributed by atoms with Crippen LogP contribution >= 0.6 is 0 Å². The number of hydrogen-bond donors (Lipinski definition) is 12. The van der Waals surface area contributed by atoms with E-state index in [0.717, 1.165) is 57.8 Å². The lowest BCUT2D eigenvalue weighted by atomic mass is 9.96. The number of aliphatic hydroxyl groups excluding tert-OH is 11. The van der Waals surface area contributed by atoms with Gasteiger partial charge in [-0.1, -0.05) is 237 Å². The summed E-state index contributed by atoms with van der Waals surface area (Å²) in [6, 6.07) is -0.886. The second kappa shape index (κ2) is 50.6. The zero-order chi connectivity index (χ0) is 63.3. The first-order chi connectivity index (χ1) is 42.3. The van der Waals surface area contributed by atoms with Crippen molar-refractivity contribution in [2.24, 2.45) is 0 Å². The van der Waals surface area contributed by atoms with Crippen LogP contribution in [-0.2, 0) is 33.2 Å². The maximum atomic E-state index is 13.4. The minimum atomic E-state index is -1.97. The van der Waals surface area contributed by atoms with Gasteiger partial charge in [-0.3, -0.25) is 4.79 Å². The summed E-state index contributed by atoms with van der Waals surface area (Å²) >= 11 is 0. The molecular formula is C68H125NO18. The van der Waals surface area contributed by atoms with Crippen molar-refractivity contribution >= 4 is 5.91 Å². The summed E-state index contributed by atoms with van der Waals surface area (Å²) in [5.74, 6) is -0.243. The largest absolute Gasteiger partial charge is 0.394 e. The Labute approximate surface area is 523 Å². The molecule has 0 aromatic carbocycles. The van der Waals surface area contributed by atoms with Crippen molar-refractivity contribution in [1.29, 1.82) is 0 Å². The van der Waals surface area contributed by atoms with E-state index in [9.17, 15) is 61.0 Å². The lowest BCUT2D eigenvalue weighted by molar-refractivity contribution is -0.379. The van der Waals surface area contributed by atoms with Crippen LogP contribution in [0.25, 0.3) is 0 Å². The number of carbonyl (C=O) groups excluding carboxylic acids is 1. The van der Waals surface area contributed by atoms with Crippen LogP contribution in [0.2, 0.25) is 0 Å². The molecule has 0 aromatic rings. The molecule has 3 fully saturated rings. The number of allylic oxidation sites excluding steroid dienone is 6. The van der Waals surface area contributed by atoms with Crippen molar-refractivity contribution in [3.05, 3.63) is 36.5 Å². The second-order valence-corrected chi connectivity index (χ2v) is 25.0. The average molecular weight is 1240 g/mol. The van der Waals surface area contributed by atoms with E-state index >= 15 is 0 Å². The van der Waals surface area contributed by atoms with Crippen molar-refractivity contribution in [3.8, 4) is 0 Å². The molecule has 17 unspecified atom stereocenters. The first-order valence-electron chi connectivity index (χ1n) is 34.7. The Balaban J connectivity index is 1.38. The minimum Gasteiger partial charge on any atom is -0.394 e. The molecule has 87 heavy (non-hydrogen) atoms. The van der Waals surface area contributed by atoms with E-state index in [2.05, 4.69) is 55.6 Å². The molecule has 1 amide bonds. The highest BCUT2D eigenvalue weighted by molar-refractivity contribution is 5.76. The lowest BCUT2D eigenvalue weighted by Crippen LogP contribution is -2.66. The summed E-state index contributed by atoms with van der Waals surface area (Å²) in [6.45, 7) is 1.79. The number of carbonyl (C=O) groups is 1. The van der Waals surface area contributed by atoms with Crippen LogP contribution in [-0.4, -0.2) is 193 Å². The first-order valence-corrected chi connectivity index (χ1v) is 34.7. The molecule has 3 aliphatic rings. The van der Waals surface area contributed by atoms with Gasteiger partial charge in [-0.15, -0.1) is 0 Å². The van der Waals surface area contributed by atoms with Crippen LogP contribution in [0.3, 0.4) is 0 Å². The third kappa shape index (κ3) is 32.9. The number of amides is 1. The van der Waals surface area contributed by atoms with Gasteiger partial charge in [0.2, 0.25) is 5.91 Å². The van der Waals surface area contributed by atoms with Gasteiger partial charge in [0.1, 0.15) is 73.2 Å². The van der Waals surface area contributed by atoms with Gasteiger partial charge in [-0.05, 0) is 51.4 Å². The Morgan fingerprint density at radius 3 is 1.18 bits per heavy atom. The number of rotatable bonds is 53. The van der Waals surface area contributed by atoms with Gasteiger partial charge in [0.25, 0.3) is 0 Å². The van der Waals surface area contributed by atoms with Crippen LogP contribution < -0.4 is 5.32 Å². The normalized spacial score (nSPS) is 28.8. The summed E-state index contributed by atoms with van der Waals surface area (Å²) in [7, 11) is 0. The number of nitrogens with one attached hydrogen (secondary N) is 1. The molecule has 12 N–H and O–H groups in total. The zero-order valence-electron chi connectivity index (χ0n) is 53.8. The molecule has 0 spiro atoms. The van der Waals surface area contributed by atoms with Crippen molar-refractivity contribution < 1.29 is 89.4 Å². The summed E-state index contributed by atoms with van der Waals surface area (Å²) in [4.78, 5) is 13.4. The highest BCUT2D eigenvalue weighted by Crippen LogP contribution is 2.33. The average Bonchev–Trinajstić information content (AvgIpc) is 1.69. The van der Waals surface area contributed by atoms with E-state index < -0.39 is 124 Å². The van der Waals surface area contributed by atoms with Crippen molar-refractivity contribution in [2.75, 3.05) is 26.4 Å². The number of aliphatic hydroxyl groups is 11. The van der Waals surface area contributed by atoms with Gasteiger partial charge in [-0.25, -0.2) is 0 Å². The quantitative estimate of drug-likeness (QED) is 0.0200. The predicted molar refractivity (Wildman–Crippen MR) is 337 cm³/mol. The molecule has 19 nitrogen and oxygen atoms in total. The summed E-state index contributed by atoms with van der Waals surface area (Å²) < 4.78 is 34.4. The van der Waals surface area contributed by atoms with Gasteiger partial charge in [0.15, 0.2) is 18.9 Å². The lowest BCUT2D eigenvalue weighted by Gasteiger charge is -2.48. The highest BCUT2D eigenvalue weighted by atomic mass is 16.8. The third-order valence-corrected chi connectivity index (χ3v) is 17.5. The fourth-order valence-electron chi connectivity index (χ4n) is 11.8. The van der Waals surface area contributed by atoms with Gasteiger partial charge in [-0.2, -0.15) is 0 Å². The van der Waals surface area contributed by atoms with Crippen LogP contribution in [0.15, 0.2) is 36.5 Å². The first kappa shape index (κ1) is 79.2. The van der Waals surface area contributed by atoms with Gasteiger partial charge in [0.05, 0.1) is 38.6 Å². The van der Waals surface area contributed by atoms with Crippen molar-refractivity contribution in [2.45, 2.75) is 362 Å². The van der Waals surface area contributed by atoms with Crippen molar-refractivity contribution in [3.63, 3.8) is 0 Å². The topological polar surface area (TPSA) is 307 Å². The maximum Gasteiger partial charge on any atom is 0.220 e. The van der Waals surface area contributed by atoms with E-state index in [1.165, 1.54) is 167 Å². The predicted octanol–water partition coefficient (Wildman–Crippen LogP) is 8.83. The number of ether oxygens (including phenoxy) is 6.